The summed E-state index contributed by atoms with van der Waals surface area (Å²) in [5.74, 6) is 1.87. The molecule has 0 spiro atoms. The van der Waals surface area contributed by atoms with Crippen LogP contribution in [0.15, 0.2) is 28.8 Å². The Hall–Kier alpha value is -2.04. The number of benzene rings is 1. The summed E-state index contributed by atoms with van der Waals surface area (Å²) in [4.78, 5) is 4.17. The Kier molecular flexibility index (Phi) is 3.59. The minimum absolute atomic E-state index is 0.166. The van der Waals surface area contributed by atoms with Gasteiger partial charge in [-0.3, -0.25) is 0 Å². The topological polar surface area (TPSA) is 68.4 Å². The van der Waals surface area contributed by atoms with E-state index in [1.807, 2.05) is 0 Å². The molecular weight excluding hydrogens is 220 g/mol. The molecule has 0 aliphatic heterocycles. The molecule has 0 aliphatic carbocycles. The van der Waals surface area contributed by atoms with Crippen LogP contribution in [0.1, 0.15) is 25.1 Å². The molecule has 1 aromatic carbocycles. The molecule has 0 amide bonds. The zero-order valence-corrected chi connectivity index (χ0v) is 9.59. The van der Waals surface area contributed by atoms with Crippen molar-refractivity contribution in [3.05, 3.63) is 36.0 Å². The van der Waals surface area contributed by atoms with E-state index in [4.69, 9.17) is 9.26 Å². The summed E-state index contributed by atoms with van der Waals surface area (Å²) in [5, 5.41) is 13.1. The second kappa shape index (κ2) is 5.34. The Labute approximate surface area is 99.0 Å². The van der Waals surface area contributed by atoms with Crippen LogP contribution in [0.3, 0.4) is 0 Å². The maximum Gasteiger partial charge on any atom is 0.264 e. The molecule has 0 bridgehead atoms. The molecule has 0 saturated heterocycles. The van der Waals surface area contributed by atoms with Crippen LogP contribution < -0.4 is 4.74 Å². The van der Waals surface area contributed by atoms with Crippen molar-refractivity contribution in [3.63, 3.8) is 0 Å². The van der Waals surface area contributed by atoms with E-state index in [2.05, 4.69) is 17.1 Å². The van der Waals surface area contributed by atoms with Crippen molar-refractivity contribution < 1.29 is 14.4 Å². The number of phenolic OH excluding ortho intramolecular Hbond substituents is 1. The summed E-state index contributed by atoms with van der Waals surface area (Å²) < 4.78 is 10.4. The lowest BCUT2D eigenvalue weighted by Crippen LogP contribution is -1.96. The van der Waals surface area contributed by atoms with Gasteiger partial charge in [0.2, 0.25) is 0 Å². The number of hydrogen-bond donors (Lipinski definition) is 1. The zero-order chi connectivity index (χ0) is 12.1. The van der Waals surface area contributed by atoms with Crippen LogP contribution in [0.4, 0.5) is 0 Å². The fourth-order valence-electron chi connectivity index (χ4n) is 1.39. The molecular formula is C12H14N2O3. The van der Waals surface area contributed by atoms with Gasteiger partial charge >= 0.3 is 0 Å². The normalized spacial score (nSPS) is 10.4. The van der Waals surface area contributed by atoms with E-state index in [0.717, 1.165) is 12.8 Å². The fourth-order valence-corrected chi connectivity index (χ4v) is 1.39. The molecule has 0 aliphatic rings. The van der Waals surface area contributed by atoms with Gasteiger partial charge in [0.15, 0.2) is 12.4 Å². The number of aryl methyl sites for hydroxylation is 1. The van der Waals surface area contributed by atoms with Gasteiger partial charge in [0.1, 0.15) is 11.5 Å². The highest BCUT2D eigenvalue weighted by molar-refractivity contribution is 5.31. The lowest BCUT2D eigenvalue weighted by atomic mass is 10.3. The molecule has 5 nitrogen and oxygen atoms in total. The monoisotopic (exact) mass is 234 g/mol. The van der Waals surface area contributed by atoms with Crippen molar-refractivity contribution in [1.29, 1.82) is 0 Å². The highest BCUT2D eigenvalue weighted by atomic mass is 16.5. The van der Waals surface area contributed by atoms with Crippen molar-refractivity contribution in [2.45, 2.75) is 26.4 Å². The van der Waals surface area contributed by atoms with E-state index < -0.39 is 0 Å². The number of aromatic nitrogens is 2. The molecule has 0 atom stereocenters. The SMILES string of the molecule is CCCc1noc(COc2cccc(O)c2)n1. The first-order valence-corrected chi connectivity index (χ1v) is 5.51. The highest BCUT2D eigenvalue weighted by Gasteiger charge is 2.06. The third-order valence-electron chi connectivity index (χ3n) is 2.16. The molecule has 90 valence electrons. The largest absolute Gasteiger partial charge is 0.508 e. The maximum atomic E-state index is 9.25. The van der Waals surface area contributed by atoms with Crippen LogP contribution >= 0.6 is 0 Å². The van der Waals surface area contributed by atoms with Crippen LogP contribution in [0.25, 0.3) is 0 Å². The van der Waals surface area contributed by atoms with Gasteiger partial charge in [-0.25, -0.2) is 0 Å². The Morgan fingerprint density at radius 3 is 3.06 bits per heavy atom. The van der Waals surface area contributed by atoms with Gasteiger partial charge in [-0.2, -0.15) is 4.98 Å². The number of phenols is 1. The molecule has 0 saturated carbocycles. The molecule has 1 N–H and O–H groups in total. The minimum atomic E-state index is 0.166. The predicted octanol–water partition coefficient (Wildman–Crippen LogP) is 2.31. The van der Waals surface area contributed by atoms with E-state index in [-0.39, 0.29) is 12.4 Å². The Balaban J connectivity index is 1.93. The van der Waals surface area contributed by atoms with Crippen LogP contribution in [-0.4, -0.2) is 15.2 Å². The number of hydrogen-bond acceptors (Lipinski definition) is 5. The number of nitrogens with zero attached hydrogens (tertiary/aromatic N) is 2. The van der Waals surface area contributed by atoms with E-state index in [1.54, 1.807) is 18.2 Å². The molecule has 0 radical (unpaired) electrons. The summed E-state index contributed by atoms with van der Waals surface area (Å²) in [5.41, 5.74) is 0. The van der Waals surface area contributed by atoms with Crippen LogP contribution in [-0.2, 0) is 13.0 Å². The first-order chi connectivity index (χ1) is 8.28. The molecule has 2 rings (SSSR count). The minimum Gasteiger partial charge on any atom is -0.508 e. The molecule has 1 heterocycles. The molecule has 5 heteroatoms. The van der Waals surface area contributed by atoms with Crippen LogP contribution in [0.5, 0.6) is 11.5 Å². The average molecular weight is 234 g/mol. The van der Waals surface area contributed by atoms with Gasteiger partial charge in [-0.1, -0.05) is 18.1 Å². The molecule has 1 aromatic heterocycles. The molecule has 0 unspecified atom stereocenters. The number of rotatable bonds is 5. The Morgan fingerprint density at radius 2 is 2.29 bits per heavy atom. The predicted molar refractivity (Wildman–Crippen MR) is 60.7 cm³/mol. The van der Waals surface area contributed by atoms with Gasteiger partial charge in [0.25, 0.3) is 5.89 Å². The fraction of sp³-hybridized carbons (Fsp3) is 0.333. The van der Waals surface area contributed by atoms with Gasteiger partial charge < -0.3 is 14.4 Å². The summed E-state index contributed by atoms with van der Waals surface area (Å²) >= 11 is 0. The van der Waals surface area contributed by atoms with E-state index in [9.17, 15) is 5.11 Å². The van der Waals surface area contributed by atoms with Crippen LogP contribution in [0.2, 0.25) is 0 Å². The smallest absolute Gasteiger partial charge is 0.264 e. The van der Waals surface area contributed by atoms with Crippen molar-refractivity contribution in [2.24, 2.45) is 0 Å². The summed E-state index contributed by atoms with van der Waals surface area (Å²) in [7, 11) is 0. The highest BCUT2D eigenvalue weighted by Crippen LogP contribution is 2.18. The summed E-state index contributed by atoms with van der Waals surface area (Å²) in [6, 6.07) is 6.58. The Bertz CT molecular complexity index is 482. The first-order valence-electron chi connectivity index (χ1n) is 5.51. The van der Waals surface area contributed by atoms with Crippen LogP contribution in [0, 0.1) is 0 Å². The van der Waals surface area contributed by atoms with E-state index in [1.165, 1.54) is 6.07 Å². The second-order valence-electron chi connectivity index (χ2n) is 3.64. The molecule has 2 aromatic rings. The van der Waals surface area contributed by atoms with Gasteiger partial charge in [0, 0.05) is 12.5 Å². The second-order valence-corrected chi connectivity index (χ2v) is 3.64. The van der Waals surface area contributed by atoms with E-state index in [0.29, 0.717) is 17.5 Å². The third kappa shape index (κ3) is 3.21. The van der Waals surface area contributed by atoms with E-state index >= 15 is 0 Å². The molecule has 0 fully saturated rings. The van der Waals surface area contributed by atoms with Crippen molar-refractivity contribution in [1.82, 2.24) is 10.1 Å². The quantitative estimate of drug-likeness (QED) is 0.859. The van der Waals surface area contributed by atoms with Gasteiger partial charge in [-0.05, 0) is 18.6 Å². The first kappa shape index (κ1) is 11.4. The van der Waals surface area contributed by atoms with Gasteiger partial charge in [-0.15, -0.1) is 0 Å². The lowest BCUT2D eigenvalue weighted by Gasteiger charge is -2.02. The third-order valence-corrected chi connectivity index (χ3v) is 2.16. The number of aromatic hydroxyl groups is 1. The standard InChI is InChI=1S/C12H14N2O3/c1-2-4-11-13-12(17-14-11)8-16-10-6-3-5-9(15)7-10/h3,5-7,15H,2,4,8H2,1H3. The Morgan fingerprint density at radius 1 is 1.41 bits per heavy atom. The van der Waals surface area contributed by atoms with Gasteiger partial charge in [0.05, 0.1) is 0 Å². The molecule has 17 heavy (non-hydrogen) atoms. The summed E-state index contributed by atoms with van der Waals surface area (Å²) in [6.07, 6.45) is 1.78. The number of ether oxygens (including phenoxy) is 1. The van der Waals surface area contributed by atoms with Crippen molar-refractivity contribution in [3.8, 4) is 11.5 Å². The van der Waals surface area contributed by atoms with Crippen molar-refractivity contribution in [2.75, 3.05) is 0 Å². The summed E-state index contributed by atoms with van der Waals surface area (Å²) in [6.45, 7) is 2.26. The maximum absolute atomic E-state index is 9.25. The van der Waals surface area contributed by atoms with Crippen molar-refractivity contribution >= 4 is 0 Å². The zero-order valence-electron chi connectivity index (χ0n) is 9.59. The average Bonchev–Trinajstić information content (AvgIpc) is 2.75. The lowest BCUT2D eigenvalue weighted by molar-refractivity contribution is 0.241.